The fraction of sp³-hybridized carbons (Fsp3) is 0.300. The first-order valence-corrected chi connectivity index (χ1v) is 9.01. The van der Waals surface area contributed by atoms with Crippen LogP contribution >= 0.6 is 0 Å². The average Bonchev–Trinajstić information content (AvgIpc) is 2.95. The van der Waals surface area contributed by atoms with Crippen LogP contribution in [0, 0.1) is 5.82 Å². The second kappa shape index (κ2) is 7.57. The monoisotopic (exact) mass is 407 g/mol. The number of aliphatic imine (C=N–C) groups is 1. The number of anilines is 1. The van der Waals surface area contributed by atoms with Crippen LogP contribution in [-0.2, 0) is 15.7 Å². The standard InChI is InChI=1S/C20H17F4N3O2/c21-16-6-5-13(11-15(16)20(22,23)24)25-18-14-3-1-2-4-17(14)27(19(18)28)12-26-7-9-29-10-8-26/h1-6,11H,7-10,12H2. The first kappa shape index (κ1) is 19.5. The molecule has 2 aromatic rings. The van der Waals surface area contributed by atoms with E-state index in [0.717, 1.165) is 6.07 Å². The molecular weight excluding hydrogens is 390 g/mol. The molecule has 0 N–H and O–H groups in total. The van der Waals surface area contributed by atoms with E-state index in [4.69, 9.17) is 4.74 Å². The van der Waals surface area contributed by atoms with Gasteiger partial charge in [0.1, 0.15) is 11.5 Å². The number of carbonyl (C=O) groups is 1. The molecule has 0 unspecified atom stereocenters. The first-order valence-electron chi connectivity index (χ1n) is 9.01. The van der Waals surface area contributed by atoms with E-state index < -0.39 is 23.5 Å². The number of fused-ring (bicyclic) bond motifs is 1. The zero-order valence-electron chi connectivity index (χ0n) is 15.2. The molecule has 0 radical (unpaired) electrons. The van der Waals surface area contributed by atoms with Gasteiger partial charge >= 0.3 is 6.18 Å². The Kier molecular flexibility index (Phi) is 5.10. The van der Waals surface area contributed by atoms with Crippen LogP contribution < -0.4 is 4.90 Å². The molecule has 0 aliphatic carbocycles. The summed E-state index contributed by atoms with van der Waals surface area (Å²) in [5.74, 6) is -1.79. The van der Waals surface area contributed by atoms with Gasteiger partial charge in [0.15, 0.2) is 0 Å². The molecule has 0 spiro atoms. The van der Waals surface area contributed by atoms with Gasteiger partial charge in [-0.05, 0) is 24.3 Å². The maximum absolute atomic E-state index is 13.6. The molecule has 5 nitrogen and oxygen atoms in total. The molecule has 2 heterocycles. The number of halogens is 4. The minimum atomic E-state index is -4.85. The summed E-state index contributed by atoms with van der Waals surface area (Å²) in [5, 5.41) is 0. The van der Waals surface area contributed by atoms with E-state index in [1.54, 1.807) is 29.2 Å². The average molecular weight is 407 g/mol. The zero-order valence-corrected chi connectivity index (χ0v) is 15.2. The third kappa shape index (κ3) is 3.88. The highest BCUT2D eigenvalue weighted by molar-refractivity contribution is 6.54. The maximum Gasteiger partial charge on any atom is 0.419 e. The predicted molar refractivity (Wildman–Crippen MR) is 98.8 cm³/mol. The summed E-state index contributed by atoms with van der Waals surface area (Å²) in [6.07, 6.45) is -4.85. The van der Waals surface area contributed by atoms with Crippen LogP contribution in [0.2, 0.25) is 0 Å². The lowest BCUT2D eigenvalue weighted by Gasteiger charge is -2.30. The number of benzene rings is 2. The summed E-state index contributed by atoms with van der Waals surface area (Å²) in [7, 11) is 0. The molecule has 1 amide bonds. The number of nitrogens with zero attached hydrogens (tertiary/aromatic N) is 3. The SMILES string of the molecule is O=C1C(=Nc2ccc(F)c(C(F)(F)F)c2)c2ccccc2N1CN1CCOCC1. The van der Waals surface area contributed by atoms with Crippen molar-refractivity contribution in [3.05, 3.63) is 59.4 Å². The Hall–Kier alpha value is -2.78. The Morgan fingerprint density at radius 2 is 1.79 bits per heavy atom. The maximum atomic E-state index is 13.6. The number of hydrogen-bond donors (Lipinski definition) is 0. The third-order valence-corrected chi connectivity index (χ3v) is 4.84. The fourth-order valence-electron chi connectivity index (χ4n) is 3.38. The summed E-state index contributed by atoms with van der Waals surface area (Å²) in [6, 6.07) is 9.41. The number of carbonyl (C=O) groups excluding carboxylic acids is 1. The minimum absolute atomic E-state index is 0.0357. The third-order valence-electron chi connectivity index (χ3n) is 4.84. The van der Waals surface area contributed by atoms with Gasteiger partial charge in [-0.25, -0.2) is 9.38 Å². The lowest BCUT2D eigenvalue weighted by Crippen LogP contribution is -2.45. The number of hydrogen-bond acceptors (Lipinski definition) is 4. The second-order valence-corrected chi connectivity index (χ2v) is 6.74. The highest BCUT2D eigenvalue weighted by Crippen LogP contribution is 2.35. The van der Waals surface area contributed by atoms with Crippen molar-refractivity contribution in [3.8, 4) is 0 Å². The van der Waals surface area contributed by atoms with Crippen molar-refractivity contribution in [1.29, 1.82) is 0 Å². The highest BCUT2D eigenvalue weighted by atomic mass is 19.4. The molecule has 0 atom stereocenters. The normalized spacial score (nSPS) is 19.1. The van der Waals surface area contributed by atoms with Crippen LogP contribution in [0.4, 0.5) is 28.9 Å². The summed E-state index contributed by atoms with van der Waals surface area (Å²) in [5.41, 5.74) is -0.341. The molecular formula is C20H17F4N3O2. The largest absolute Gasteiger partial charge is 0.419 e. The Morgan fingerprint density at radius 3 is 2.52 bits per heavy atom. The number of para-hydroxylation sites is 1. The molecule has 152 valence electrons. The van der Waals surface area contributed by atoms with Gasteiger partial charge in [-0.3, -0.25) is 14.6 Å². The molecule has 9 heteroatoms. The van der Waals surface area contributed by atoms with Gasteiger partial charge in [-0.1, -0.05) is 18.2 Å². The molecule has 0 aromatic heterocycles. The van der Waals surface area contributed by atoms with Crippen molar-refractivity contribution in [3.63, 3.8) is 0 Å². The van der Waals surface area contributed by atoms with Gasteiger partial charge in [-0.2, -0.15) is 13.2 Å². The van der Waals surface area contributed by atoms with Gasteiger partial charge in [0, 0.05) is 18.7 Å². The van der Waals surface area contributed by atoms with E-state index in [9.17, 15) is 22.4 Å². The van der Waals surface area contributed by atoms with Crippen LogP contribution in [-0.4, -0.2) is 49.5 Å². The zero-order chi connectivity index (χ0) is 20.6. The molecule has 1 saturated heterocycles. The van der Waals surface area contributed by atoms with E-state index in [1.807, 2.05) is 0 Å². The molecule has 2 aromatic carbocycles. The van der Waals surface area contributed by atoms with Crippen LogP contribution in [0.25, 0.3) is 0 Å². The second-order valence-electron chi connectivity index (χ2n) is 6.74. The van der Waals surface area contributed by atoms with E-state index in [0.29, 0.717) is 56.4 Å². The van der Waals surface area contributed by atoms with E-state index in [2.05, 4.69) is 9.89 Å². The molecule has 0 bridgehead atoms. The predicted octanol–water partition coefficient (Wildman–Crippen LogP) is 3.60. The number of amides is 1. The number of morpholine rings is 1. The fourth-order valence-corrected chi connectivity index (χ4v) is 3.38. The molecule has 0 saturated carbocycles. The van der Waals surface area contributed by atoms with Crippen LogP contribution in [0.5, 0.6) is 0 Å². The molecule has 29 heavy (non-hydrogen) atoms. The van der Waals surface area contributed by atoms with Crippen LogP contribution in [0.1, 0.15) is 11.1 Å². The molecule has 1 fully saturated rings. The smallest absolute Gasteiger partial charge is 0.379 e. The number of rotatable bonds is 3. The van der Waals surface area contributed by atoms with Crippen molar-refractivity contribution < 1.29 is 27.1 Å². The topological polar surface area (TPSA) is 45.1 Å². The van der Waals surface area contributed by atoms with Crippen molar-refractivity contribution in [2.45, 2.75) is 6.18 Å². The summed E-state index contributed by atoms with van der Waals surface area (Å²) in [4.78, 5) is 20.8. The number of alkyl halides is 3. The van der Waals surface area contributed by atoms with E-state index in [1.165, 1.54) is 0 Å². The Labute approximate surface area is 164 Å². The first-order chi connectivity index (χ1) is 13.8. The Balaban J connectivity index is 1.70. The molecule has 2 aliphatic rings. The minimum Gasteiger partial charge on any atom is -0.379 e. The lowest BCUT2D eigenvalue weighted by atomic mass is 10.1. The van der Waals surface area contributed by atoms with Crippen molar-refractivity contribution in [1.82, 2.24) is 4.90 Å². The molecule has 2 aliphatic heterocycles. The van der Waals surface area contributed by atoms with Crippen LogP contribution in [0.3, 0.4) is 0 Å². The van der Waals surface area contributed by atoms with E-state index in [-0.39, 0.29) is 11.4 Å². The lowest BCUT2D eigenvalue weighted by molar-refractivity contribution is -0.139. The molecule has 4 rings (SSSR count). The quantitative estimate of drug-likeness (QED) is 0.731. The van der Waals surface area contributed by atoms with Gasteiger partial charge in [0.05, 0.1) is 36.8 Å². The Morgan fingerprint density at radius 1 is 1.07 bits per heavy atom. The van der Waals surface area contributed by atoms with Crippen molar-refractivity contribution in [2.75, 3.05) is 37.9 Å². The Bertz CT molecular complexity index is 968. The van der Waals surface area contributed by atoms with Gasteiger partial charge in [-0.15, -0.1) is 0 Å². The van der Waals surface area contributed by atoms with Gasteiger partial charge in [0.25, 0.3) is 5.91 Å². The summed E-state index contributed by atoms with van der Waals surface area (Å²) >= 11 is 0. The van der Waals surface area contributed by atoms with Gasteiger partial charge in [0.2, 0.25) is 0 Å². The highest BCUT2D eigenvalue weighted by Gasteiger charge is 2.36. The van der Waals surface area contributed by atoms with Crippen molar-refractivity contribution >= 4 is 23.0 Å². The van der Waals surface area contributed by atoms with E-state index >= 15 is 0 Å². The summed E-state index contributed by atoms with van der Waals surface area (Å²) < 4.78 is 57.9. The van der Waals surface area contributed by atoms with Gasteiger partial charge < -0.3 is 4.74 Å². The van der Waals surface area contributed by atoms with Crippen LogP contribution in [0.15, 0.2) is 47.5 Å². The number of ether oxygens (including phenoxy) is 1. The summed E-state index contributed by atoms with van der Waals surface area (Å²) in [6.45, 7) is 2.81. The van der Waals surface area contributed by atoms with Crippen molar-refractivity contribution in [2.24, 2.45) is 4.99 Å².